The van der Waals surface area contributed by atoms with Crippen LogP contribution in [0.4, 0.5) is 0 Å². The molecule has 1 aliphatic heterocycles. The molecule has 0 amide bonds. The number of hydrogen-bond acceptors (Lipinski definition) is 7. The molecular formula is C45H81O9P. The van der Waals surface area contributed by atoms with Crippen LogP contribution in [0.1, 0.15) is 206 Å². The molecule has 0 saturated carbocycles. The van der Waals surface area contributed by atoms with Crippen molar-refractivity contribution in [1.82, 2.24) is 0 Å². The molecule has 3 atom stereocenters. The third-order valence-corrected chi connectivity index (χ3v) is 10.5. The van der Waals surface area contributed by atoms with Gasteiger partial charge in [-0.15, -0.1) is 0 Å². The molecular weight excluding hydrogens is 715 g/mol. The highest BCUT2D eigenvalue weighted by Gasteiger charge is 2.36. The second kappa shape index (κ2) is 36.6. The first-order valence-electron chi connectivity index (χ1n) is 22.4. The SMILES string of the molecule is CCCCC/C=C\C/C=C\CC1OC1C/C=C\CCCC(=O)O[C@H](COC(=O)CCCCCCCCCCCCCCCCCCCCC)COP(=O)(O)O. The number of unbranched alkanes of at least 4 members (excludes halogenated alkanes) is 22. The molecule has 0 radical (unpaired) electrons. The fourth-order valence-corrected chi connectivity index (χ4v) is 6.95. The van der Waals surface area contributed by atoms with Gasteiger partial charge >= 0.3 is 19.8 Å². The van der Waals surface area contributed by atoms with Crippen molar-refractivity contribution in [3.63, 3.8) is 0 Å². The molecule has 0 aliphatic carbocycles. The number of phosphoric ester groups is 1. The van der Waals surface area contributed by atoms with Gasteiger partial charge in [0.2, 0.25) is 0 Å². The Labute approximate surface area is 336 Å². The van der Waals surface area contributed by atoms with Crippen LogP contribution in [0.25, 0.3) is 0 Å². The number of ether oxygens (including phenoxy) is 3. The molecule has 1 fully saturated rings. The molecule has 1 heterocycles. The number of carbonyl (C=O) groups excluding carboxylic acids is 2. The topological polar surface area (TPSA) is 132 Å². The fourth-order valence-electron chi connectivity index (χ4n) is 6.58. The monoisotopic (exact) mass is 797 g/mol. The van der Waals surface area contributed by atoms with Gasteiger partial charge in [0, 0.05) is 12.8 Å². The molecule has 1 aliphatic rings. The van der Waals surface area contributed by atoms with Crippen molar-refractivity contribution in [2.75, 3.05) is 13.2 Å². The maximum atomic E-state index is 12.4. The van der Waals surface area contributed by atoms with Crippen LogP contribution >= 0.6 is 7.82 Å². The smallest absolute Gasteiger partial charge is 0.462 e. The molecule has 0 spiro atoms. The third kappa shape index (κ3) is 36.3. The highest BCUT2D eigenvalue weighted by molar-refractivity contribution is 7.46. The van der Waals surface area contributed by atoms with E-state index in [1.165, 1.54) is 122 Å². The molecule has 320 valence electrons. The number of hydrogen-bond donors (Lipinski definition) is 2. The molecule has 9 nitrogen and oxygen atoms in total. The van der Waals surface area contributed by atoms with Crippen LogP contribution in [0, 0.1) is 0 Å². The number of allylic oxidation sites excluding steroid dienone is 4. The largest absolute Gasteiger partial charge is 0.469 e. The number of carbonyl (C=O) groups is 2. The minimum absolute atomic E-state index is 0.129. The molecule has 0 aromatic rings. The summed E-state index contributed by atoms with van der Waals surface area (Å²) in [7, 11) is -4.78. The Bertz CT molecular complexity index is 1050. The molecule has 55 heavy (non-hydrogen) atoms. The number of esters is 2. The summed E-state index contributed by atoms with van der Waals surface area (Å²) >= 11 is 0. The van der Waals surface area contributed by atoms with Crippen molar-refractivity contribution in [1.29, 1.82) is 0 Å². The van der Waals surface area contributed by atoms with Gasteiger partial charge in [0.25, 0.3) is 0 Å². The van der Waals surface area contributed by atoms with Gasteiger partial charge in [-0.2, -0.15) is 0 Å². The summed E-state index contributed by atoms with van der Waals surface area (Å²) in [4.78, 5) is 43.0. The summed E-state index contributed by atoms with van der Waals surface area (Å²) in [6, 6.07) is 0. The lowest BCUT2D eigenvalue weighted by molar-refractivity contribution is -0.161. The first-order chi connectivity index (χ1) is 26.7. The molecule has 1 saturated heterocycles. The van der Waals surface area contributed by atoms with Crippen LogP contribution in [-0.2, 0) is 32.9 Å². The maximum absolute atomic E-state index is 12.4. The van der Waals surface area contributed by atoms with E-state index in [0.717, 1.165) is 44.9 Å². The van der Waals surface area contributed by atoms with E-state index in [-0.39, 0.29) is 31.7 Å². The summed E-state index contributed by atoms with van der Waals surface area (Å²) in [6.45, 7) is 3.62. The maximum Gasteiger partial charge on any atom is 0.469 e. The van der Waals surface area contributed by atoms with Gasteiger partial charge in [-0.1, -0.05) is 179 Å². The van der Waals surface area contributed by atoms with Crippen LogP contribution < -0.4 is 0 Å². The number of phosphoric acid groups is 1. The predicted octanol–water partition coefficient (Wildman–Crippen LogP) is 12.7. The Hall–Kier alpha value is -1.77. The van der Waals surface area contributed by atoms with Crippen molar-refractivity contribution in [3.05, 3.63) is 36.5 Å². The van der Waals surface area contributed by atoms with Gasteiger partial charge in [0.15, 0.2) is 6.10 Å². The van der Waals surface area contributed by atoms with Crippen LogP contribution in [-0.4, -0.2) is 53.3 Å². The molecule has 0 bridgehead atoms. The van der Waals surface area contributed by atoms with E-state index in [0.29, 0.717) is 12.8 Å². The van der Waals surface area contributed by atoms with Crippen molar-refractivity contribution in [2.24, 2.45) is 0 Å². The van der Waals surface area contributed by atoms with Gasteiger partial charge in [-0.25, -0.2) is 4.57 Å². The first-order valence-corrected chi connectivity index (χ1v) is 23.9. The normalized spacial score (nSPS) is 16.4. The minimum Gasteiger partial charge on any atom is -0.462 e. The number of rotatable bonds is 40. The third-order valence-electron chi connectivity index (χ3n) is 10.1. The van der Waals surface area contributed by atoms with Crippen molar-refractivity contribution < 1.29 is 42.7 Å². The fraction of sp³-hybridized carbons (Fsp3) is 0.822. The van der Waals surface area contributed by atoms with Crippen LogP contribution in [0.15, 0.2) is 36.5 Å². The standard InChI is InChI=1S/C45H81O9P/c1-3-5-7-9-11-13-14-15-16-17-18-19-20-21-22-24-26-28-33-37-44(46)51-39-41(40-52-55(48,49)50)53-45(47)38-34-30-29-32-36-43-42(54-43)35-31-27-25-23-12-10-8-6-4-2/h12,23,27,29,31-32,41-43H,3-11,13-22,24-26,28,30,33-40H2,1-2H3,(H2,48,49,50)/b23-12-,31-27-,32-29-/t41-,42?,43?/m1/s1. The lowest BCUT2D eigenvalue weighted by atomic mass is 10.0. The van der Waals surface area contributed by atoms with Gasteiger partial charge in [0.05, 0.1) is 18.8 Å². The first kappa shape index (κ1) is 51.2. The van der Waals surface area contributed by atoms with E-state index in [4.69, 9.17) is 24.0 Å². The zero-order valence-electron chi connectivity index (χ0n) is 35.0. The molecule has 1 rings (SSSR count). The second-order valence-corrected chi connectivity index (χ2v) is 16.7. The predicted molar refractivity (Wildman–Crippen MR) is 225 cm³/mol. The van der Waals surface area contributed by atoms with E-state index >= 15 is 0 Å². The van der Waals surface area contributed by atoms with E-state index < -0.39 is 32.5 Å². The quantitative estimate of drug-likeness (QED) is 0.0204. The Morgan fingerprint density at radius 2 is 1.00 bits per heavy atom. The summed E-state index contributed by atoms with van der Waals surface area (Å²) in [5.74, 6) is -0.951. The Morgan fingerprint density at radius 1 is 0.564 bits per heavy atom. The average molecular weight is 797 g/mol. The van der Waals surface area contributed by atoms with Crippen molar-refractivity contribution in [3.8, 4) is 0 Å². The van der Waals surface area contributed by atoms with E-state index in [9.17, 15) is 14.2 Å². The minimum atomic E-state index is -4.78. The van der Waals surface area contributed by atoms with E-state index in [1.807, 2.05) is 6.08 Å². The van der Waals surface area contributed by atoms with Crippen LogP contribution in [0.5, 0.6) is 0 Å². The Kier molecular flexibility index (Phi) is 34.1. The van der Waals surface area contributed by atoms with Crippen LogP contribution in [0.2, 0.25) is 0 Å². The van der Waals surface area contributed by atoms with E-state index in [2.05, 4.69) is 48.8 Å². The summed E-state index contributed by atoms with van der Waals surface area (Å²) in [5.41, 5.74) is 0. The highest BCUT2D eigenvalue weighted by Crippen LogP contribution is 2.36. The Balaban J connectivity index is 2.07. The summed E-state index contributed by atoms with van der Waals surface area (Å²) in [6.07, 6.45) is 46.1. The van der Waals surface area contributed by atoms with E-state index in [1.54, 1.807) is 0 Å². The van der Waals surface area contributed by atoms with Crippen molar-refractivity contribution in [2.45, 2.75) is 225 Å². The van der Waals surface area contributed by atoms with Gasteiger partial charge in [0.1, 0.15) is 6.61 Å². The van der Waals surface area contributed by atoms with Gasteiger partial charge < -0.3 is 24.0 Å². The summed E-state index contributed by atoms with van der Waals surface area (Å²) < 4.78 is 32.2. The van der Waals surface area contributed by atoms with Gasteiger partial charge in [-0.05, 0) is 51.4 Å². The lowest BCUT2D eigenvalue weighted by Gasteiger charge is -2.18. The molecule has 2 unspecified atom stereocenters. The molecule has 0 aromatic heterocycles. The van der Waals surface area contributed by atoms with Gasteiger partial charge in [-0.3, -0.25) is 14.1 Å². The average Bonchev–Trinajstić information content (AvgIpc) is 3.91. The molecule has 10 heteroatoms. The van der Waals surface area contributed by atoms with Crippen molar-refractivity contribution >= 4 is 19.8 Å². The Morgan fingerprint density at radius 3 is 1.55 bits per heavy atom. The number of epoxide rings is 1. The van der Waals surface area contributed by atoms with Crippen LogP contribution in [0.3, 0.4) is 0 Å². The second-order valence-electron chi connectivity index (χ2n) is 15.4. The molecule has 0 aromatic carbocycles. The summed E-state index contributed by atoms with van der Waals surface area (Å²) in [5, 5.41) is 0. The zero-order valence-corrected chi connectivity index (χ0v) is 35.9. The lowest BCUT2D eigenvalue weighted by Crippen LogP contribution is -2.29. The zero-order chi connectivity index (χ0) is 40.1. The molecule has 2 N–H and O–H groups in total. The highest BCUT2D eigenvalue weighted by atomic mass is 31.2.